The fourth-order valence-electron chi connectivity index (χ4n) is 5.15. The predicted octanol–water partition coefficient (Wildman–Crippen LogP) is 7.32. The zero-order valence-corrected chi connectivity index (χ0v) is 23.2. The summed E-state index contributed by atoms with van der Waals surface area (Å²) in [4.78, 5) is 0. The standard InChI is InChI=1S/C30H26Br2O4/c1-35-29-17-5-3-6-18(29)10-22-14-26(32)16-24(28(22)34)12-20-8-4-7-19(30(20)36-2)11-23-15-25(31)13-21(9-17)27(23)33/h3-8,13-16,33-34H,9-12H2,1-2H3. The Morgan fingerprint density at radius 1 is 0.528 bits per heavy atom. The molecule has 5 rings (SSSR count). The van der Waals surface area contributed by atoms with Gasteiger partial charge in [0.25, 0.3) is 0 Å². The van der Waals surface area contributed by atoms with Crippen molar-refractivity contribution in [2.75, 3.05) is 14.2 Å². The minimum Gasteiger partial charge on any atom is -0.507 e. The molecular formula is C30H26Br2O4. The van der Waals surface area contributed by atoms with Gasteiger partial charge in [0.1, 0.15) is 23.0 Å². The average molecular weight is 610 g/mol. The fourth-order valence-corrected chi connectivity index (χ4v) is 6.26. The maximum absolute atomic E-state index is 11.3. The summed E-state index contributed by atoms with van der Waals surface area (Å²) in [6.07, 6.45) is 2.01. The van der Waals surface area contributed by atoms with E-state index in [-0.39, 0.29) is 11.5 Å². The van der Waals surface area contributed by atoms with Crippen LogP contribution in [0.4, 0.5) is 0 Å². The summed E-state index contributed by atoms with van der Waals surface area (Å²) >= 11 is 7.28. The van der Waals surface area contributed by atoms with E-state index in [1.54, 1.807) is 14.2 Å². The van der Waals surface area contributed by atoms with Crippen molar-refractivity contribution in [1.29, 1.82) is 0 Å². The van der Waals surface area contributed by atoms with Crippen LogP contribution in [0.25, 0.3) is 0 Å². The number of fused-ring (bicyclic) bond motifs is 8. The first-order valence-corrected chi connectivity index (χ1v) is 13.3. The van der Waals surface area contributed by atoms with Gasteiger partial charge in [0.15, 0.2) is 0 Å². The van der Waals surface area contributed by atoms with Crippen LogP contribution in [0.1, 0.15) is 44.5 Å². The minimum absolute atomic E-state index is 0.275. The largest absolute Gasteiger partial charge is 0.507 e. The number of aromatic hydroxyl groups is 2. The maximum Gasteiger partial charge on any atom is 0.125 e. The normalized spacial score (nSPS) is 12.8. The number of hydrogen-bond acceptors (Lipinski definition) is 4. The third kappa shape index (κ3) is 4.72. The van der Waals surface area contributed by atoms with Gasteiger partial charge in [0, 0.05) is 34.6 Å². The van der Waals surface area contributed by atoms with Crippen LogP contribution >= 0.6 is 31.9 Å². The third-order valence-corrected chi connectivity index (χ3v) is 7.67. The second-order valence-electron chi connectivity index (χ2n) is 9.07. The van der Waals surface area contributed by atoms with Crippen molar-refractivity contribution in [3.8, 4) is 23.0 Å². The summed E-state index contributed by atoms with van der Waals surface area (Å²) in [7, 11) is 3.33. The molecule has 1 aliphatic carbocycles. The van der Waals surface area contributed by atoms with Crippen LogP contribution in [-0.2, 0) is 25.7 Å². The highest BCUT2D eigenvalue weighted by Crippen LogP contribution is 2.39. The van der Waals surface area contributed by atoms with Crippen LogP contribution in [0, 0.1) is 0 Å². The number of rotatable bonds is 2. The summed E-state index contributed by atoms with van der Waals surface area (Å²) in [5.41, 5.74) is 7.11. The van der Waals surface area contributed by atoms with Gasteiger partial charge in [0.2, 0.25) is 0 Å². The lowest BCUT2D eigenvalue weighted by Crippen LogP contribution is -2.04. The van der Waals surface area contributed by atoms with Crippen molar-refractivity contribution in [3.63, 3.8) is 0 Å². The summed E-state index contributed by atoms with van der Waals surface area (Å²) in [6.45, 7) is 0. The van der Waals surface area contributed by atoms with E-state index in [9.17, 15) is 10.2 Å². The second kappa shape index (κ2) is 10.2. The summed E-state index contributed by atoms with van der Waals surface area (Å²) in [6, 6.07) is 19.9. The summed E-state index contributed by atoms with van der Waals surface area (Å²) in [5.74, 6) is 2.07. The molecule has 0 unspecified atom stereocenters. The number of ether oxygens (including phenoxy) is 2. The van der Waals surface area contributed by atoms with Gasteiger partial charge in [-0.05, 0) is 68.8 Å². The van der Waals surface area contributed by atoms with Gasteiger partial charge in [-0.1, -0.05) is 68.3 Å². The lowest BCUT2D eigenvalue weighted by atomic mass is 9.91. The van der Waals surface area contributed by atoms with Crippen molar-refractivity contribution in [2.45, 2.75) is 25.7 Å². The highest BCUT2D eigenvalue weighted by molar-refractivity contribution is 9.10. The van der Waals surface area contributed by atoms with Gasteiger partial charge >= 0.3 is 0 Å². The molecule has 0 amide bonds. The van der Waals surface area contributed by atoms with E-state index in [0.29, 0.717) is 25.7 Å². The average Bonchev–Trinajstić information content (AvgIpc) is 2.84. The number of halogens is 2. The zero-order chi connectivity index (χ0) is 25.4. The first-order chi connectivity index (χ1) is 17.4. The van der Waals surface area contributed by atoms with E-state index >= 15 is 0 Å². The van der Waals surface area contributed by atoms with Crippen molar-refractivity contribution in [2.24, 2.45) is 0 Å². The van der Waals surface area contributed by atoms with E-state index in [2.05, 4.69) is 31.9 Å². The van der Waals surface area contributed by atoms with Crippen LogP contribution in [0.15, 0.2) is 69.6 Å². The summed E-state index contributed by atoms with van der Waals surface area (Å²) < 4.78 is 13.5. The first-order valence-electron chi connectivity index (χ1n) is 11.7. The quantitative estimate of drug-likeness (QED) is 0.220. The highest BCUT2D eigenvalue weighted by Gasteiger charge is 2.20. The fraction of sp³-hybridized carbons (Fsp3) is 0.200. The van der Waals surface area contributed by atoms with E-state index < -0.39 is 0 Å². The zero-order valence-electron chi connectivity index (χ0n) is 20.1. The Kier molecular flexibility index (Phi) is 7.00. The van der Waals surface area contributed by atoms with Gasteiger partial charge < -0.3 is 19.7 Å². The molecule has 4 aromatic rings. The smallest absolute Gasteiger partial charge is 0.125 e. The van der Waals surface area contributed by atoms with Gasteiger partial charge in [-0.25, -0.2) is 0 Å². The molecule has 0 fully saturated rings. The van der Waals surface area contributed by atoms with Crippen molar-refractivity contribution in [3.05, 3.63) is 114 Å². The molecule has 0 saturated heterocycles. The molecule has 4 nitrogen and oxygen atoms in total. The summed E-state index contributed by atoms with van der Waals surface area (Å²) in [5, 5.41) is 22.6. The SMILES string of the molecule is COc1c2cccc1Cc1cc(Br)cc(c1O)Cc1cccc(c1OC)Cc1cc(Br)cc(c1O)C2. The third-order valence-electron chi connectivity index (χ3n) is 6.75. The molecule has 6 heteroatoms. The van der Waals surface area contributed by atoms with Gasteiger partial charge in [-0.15, -0.1) is 0 Å². The van der Waals surface area contributed by atoms with E-state index in [1.165, 1.54) is 0 Å². The molecule has 0 aliphatic heterocycles. The van der Waals surface area contributed by atoms with Crippen LogP contribution < -0.4 is 9.47 Å². The Morgan fingerprint density at radius 3 is 1.06 bits per heavy atom. The Balaban J connectivity index is 1.77. The number of benzene rings is 4. The van der Waals surface area contributed by atoms with Crippen LogP contribution in [0.5, 0.6) is 23.0 Å². The van der Waals surface area contributed by atoms with Crippen LogP contribution in [0.3, 0.4) is 0 Å². The Morgan fingerprint density at radius 2 is 0.806 bits per heavy atom. The van der Waals surface area contributed by atoms with Crippen molar-refractivity contribution in [1.82, 2.24) is 0 Å². The lowest BCUT2D eigenvalue weighted by molar-refractivity contribution is 0.404. The number of phenols is 2. The highest BCUT2D eigenvalue weighted by atomic mass is 79.9. The van der Waals surface area contributed by atoms with Crippen LogP contribution in [0.2, 0.25) is 0 Å². The van der Waals surface area contributed by atoms with Crippen LogP contribution in [-0.4, -0.2) is 24.4 Å². The number of phenolic OH excluding ortho intramolecular Hbond substituents is 2. The van der Waals surface area contributed by atoms with Crippen molar-refractivity contribution < 1.29 is 19.7 Å². The Hall–Kier alpha value is -2.96. The molecule has 1 aliphatic rings. The van der Waals surface area contributed by atoms with Crippen molar-refractivity contribution >= 4 is 31.9 Å². The second-order valence-corrected chi connectivity index (χ2v) is 10.9. The molecule has 0 radical (unpaired) electrons. The van der Waals surface area contributed by atoms with E-state index in [4.69, 9.17) is 9.47 Å². The molecule has 184 valence electrons. The molecule has 4 aromatic carbocycles. The molecule has 0 atom stereocenters. The molecule has 0 spiro atoms. The predicted molar refractivity (Wildman–Crippen MR) is 149 cm³/mol. The minimum atomic E-state index is 0.275. The molecular weight excluding hydrogens is 584 g/mol. The number of para-hydroxylation sites is 2. The molecule has 36 heavy (non-hydrogen) atoms. The Labute approximate surface area is 227 Å². The van der Waals surface area contributed by atoms with Gasteiger partial charge in [-0.2, -0.15) is 0 Å². The van der Waals surface area contributed by atoms with Gasteiger partial charge in [-0.3, -0.25) is 0 Å². The van der Waals surface area contributed by atoms with E-state index in [1.807, 2.05) is 60.7 Å². The molecule has 2 N–H and O–H groups in total. The first kappa shape index (κ1) is 24.7. The molecule has 0 heterocycles. The molecule has 8 bridgehead atoms. The molecule has 0 saturated carbocycles. The Bertz CT molecular complexity index is 1260. The maximum atomic E-state index is 11.3. The van der Waals surface area contributed by atoms with Gasteiger partial charge in [0.05, 0.1) is 14.2 Å². The topological polar surface area (TPSA) is 58.9 Å². The molecule has 0 aromatic heterocycles. The monoisotopic (exact) mass is 608 g/mol. The number of methoxy groups -OCH3 is 2. The number of hydrogen-bond donors (Lipinski definition) is 2. The van der Waals surface area contributed by atoms with E-state index in [0.717, 1.165) is 65.0 Å². The lowest BCUT2D eigenvalue weighted by Gasteiger charge is -2.19.